The summed E-state index contributed by atoms with van der Waals surface area (Å²) in [5.74, 6) is -0.106. The van der Waals surface area contributed by atoms with Gasteiger partial charge < -0.3 is 23.7 Å². The Labute approximate surface area is 251 Å². The second-order valence-corrected chi connectivity index (χ2v) is 13.0. The lowest BCUT2D eigenvalue weighted by Crippen LogP contribution is -2.46. The van der Waals surface area contributed by atoms with Crippen LogP contribution in [0.15, 0.2) is 42.5 Å². The van der Waals surface area contributed by atoms with Crippen LogP contribution in [0.4, 0.5) is 18.0 Å². The molecule has 2 aromatic carbocycles. The molecule has 0 bridgehead atoms. The highest BCUT2D eigenvalue weighted by molar-refractivity contribution is 7.87. The summed E-state index contributed by atoms with van der Waals surface area (Å²) in [6, 6.07) is 11.2. The molecule has 3 rings (SSSR count). The van der Waals surface area contributed by atoms with Crippen molar-refractivity contribution >= 4 is 22.2 Å². The highest BCUT2D eigenvalue weighted by Gasteiger charge is 2.28. The third kappa shape index (κ3) is 13.1. The van der Waals surface area contributed by atoms with E-state index in [1.165, 1.54) is 24.8 Å². The Morgan fingerprint density at radius 2 is 1.65 bits per heavy atom. The molecule has 43 heavy (non-hydrogen) atoms. The summed E-state index contributed by atoms with van der Waals surface area (Å²) >= 11 is 0. The van der Waals surface area contributed by atoms with Crippen molar-refractivity contribution in [2.24, 2.45) is 5.92 Å². The van der Waals surface area contributed by atoms with Gasteiger partial charge in [-0.2, -0.15) is 21.6 Å². The average Bonchev–Trinajstić information content (AvgIpc) is 3.35. The summed E-state index contributed by atoms with van der Waals surface area (Å²) in [7, 11) is -2.83. The highest BCUT2D eigenvalue weighted by Crippen LogP contribution is 2.34. The molecule has 13 heteroatoms. The molecule has 0 aliphatic heterocycles. The molecule has 0 spiro atoms. The van der Waals surface area contributed by atoms with Crippen LogP contribution in [0, 0.1) is 5.92 Å². The fourth-order valence-corrected chi connectivity index (χ4v) is 5.07. The van der Waals surface area contributed by atoms with E-state index in [1.54, 1.807) is 32.9 Å². The van der Waals surface area contributed by atoms with Crippen LogP contribution in [0.5, 0.6) is 17.2 Å². The van der Waals surface area contributed by atoms with Gasteiger partial charge in [-0.25, -0.2) is 9.59 Å². The number of benzene rings is 2. The van der Waals surface area contributed by atoms with Crippen molar-refractivity contribution in [3.8, 4) is 17.2 Å². The van der Waals surface area contributed by atoms with Gasteiger partial charge in [-0.3, -0.25) is 0 Å². The van der Waals surface area contributed by atoms with E-state index in [2.05, 4.69) is 16.1 Å². The second-order valence-electron chi connectivity index (χ2n) is 11.3. The Balaban J connectivity index is 0.000000347. The zero-order chi connectivity index (χ0) is 32.4. The van der Waals surface area contributed by atoms with E-state index < -0.39 is 58.6 Å². The van der Waals surface area contributed by atoms with Crippen molar-refractivity contribution in [2.75, 3.05) is 12.9 Å². The number of nitrogens with one attached hydrogen (secondary N) is 1. The molecular formula is C30H40F3NO8S. The molecule has 0 heterocycles. The molecule has 0 aromatic heterocycles. The number of hydrogen-bond donors (Lipinski definition) is 1. The third-order valence-corrected chi connectivity index (χ3v) is 7.24. The van der Waals surface area contributed by atoms with E-state index in [9.17, 15) is 31.2 Å². The summed E-state index contributed by atoms with van der Waals surface area (Å²) in [4.78, 5) is 22.8. The van der Waals surface area contributed by atoms with Gasteiger partial charge in [-0.1, -0.05) is 32.0 Å². The first-order valence-corrected chi connectivity index (χ1v) is 15.4. The maximum Gasteiger partial charge on any atom is 0.408 e. The Bertz CT molecular complexity index is 1340. The molecule has 1 N–H and O–H groups in total. The number of alkyl carbamates (subject to hydrolysis) is 1. The fourth-order valence-electron chi connectivity index (χ4n) is 4.09. The molecule has 1 atom stereocenters. The van der Waals surface area contributed by atoms with Crippen LogP contribution in [-0.2, 0) is 37.2 Å². The number of rotatable bonds is 10. The van der Waals surface area contributed by atoms with Crippen LogP contribution in [0.3, 0.4) is 0 Å². The third-order valence-electron chi connectivity index (χ3n) is 6.01. The van der Waals surface area contributed by atoms with Gasteiger partial charge in [-0.05, 0) is 81.7 Å². The van der Waals surface area contributed by atoms with Crippen LogP contribution in [-0.4, -0.2) is 51.2 Å². The standard InChI is InChI=1S/C19H19F3O4S.C11H21NO4/c20-19(21,22)11-4-12-27(23,24)26-16-8-3-7-15(13-16)25-18-10-2-6-14-5-1-9-17(14)18;1-7(2)8(9(13)15-6)12-10(14)16-11(3,4)5/h2-3,6-8,10,13H,1,4-5,9,11-12H2;7-8H,1-6H3,(H,12,14). The topological polar surface area (TPSA) is 117 Å². The van der Waals surface area contributed by atoms with E-state index in [0.717, 1.165) is 30.6 Å². The Hall–Kier alpha value is -3.48. The van der Waals surface area contributed by atoms with Crippen molar-refractivity contribution in [2.45, 2.75) is 84.5 Å². The number of amides is 1. The second kappa shape index (κ2) is 15.3. The molecule has 1 aliphatic rings. The van der Waals surface area contributed by atoms with Crippen LogP contribution < -0.4 is 14.2 Å². The summed E-state index contributed by atoms with van der Waals surface area (Å²) in [6.45, 7) is 8.91. The van der Waals surface area contributed by atoms with E-state index in [0.29, 0.717) is 5.75 Å². The number of carbonyl (C=O) groups is 2. The first kappa shape index (κ1) is 35.7. The molecule has 0 fully saturated rings. The van der Waals surface area contributed by atoms with Crippen molar-refractivity contribution in [3.63, 3.8) is 0 Å². The number of methoxy groups -OCH3 is 1. The minimum atomic E-state index is -4.39. The lowest BCUT2D eigenvalue weighted by Gasteiger charge is -2.24. The SMILES string of the molecule is COC(=O)C(NC(=O)OC(C)(C)C)C(C)C.O=S(=O)(CCCC(F)(F)F)Oc1cccc(Oc2cccc3c2CCC3)c1. The lowest BCUT2D eigenvalue weighted by atomic mass is 10.1. The predicted octanol–water partition coefficient (Wildman–Crippen LogP) is 6.73. The monoisotopic (exact) mass is 631 g/mol. The molecule has 0 saturated heterocycles. The summed E-state index contributed by atoms with van der Waals surface area (Å²) < 4.78 is 80.7. The van der Waals surface area contributed by atoms with Crippen molar-refractivity contribution in [1.29, 1.82) is 0 Å². The van der Waals surface area contributed by atoms with Crippen LogP contribution >= 0.6 is 0 Å². The molecular weight excluding hydrogens is 591 g/mol. The lowest BCUT2D eigenvalue weighted by molar-refractivity contribution is -0.144. The van der Waals surface area contributed by atoms with E-state index in [1.807, 2.05) is 26.0 Å². The molecule has 240 valence electrons. The van der Waals surface area contributed by atoms with Crippen LogP contribution in [0.2, 0.25) is 0 Å². The number of ether oxygens (including phenoxy) is 3. The number of alkyl halides is 3. The van der Waals surface area contributed by atoms with Crippen molar-refractivity contribution in [1.82, 2.24) is 5.32 Å². The number of carbonyl (C=O) groups excluding carboxylic acids is 2. The van der Waals surface area contributed by atoms with E-state index in [-0.39, 0.29) is 11.7 Å². The summed E-state index contributed by atoms with van der Waals surface area (Å²) in [6.07, 6.45) is -3.72. The smallest absolute Gasteiger partial charge is 0.408 e. The van der Waals surface area contributed by atoms with Gasteiger partial charge in [0.2, 0.25) is 0 Å². The van der Waals surface area contributed by atoms with Gasteiger partial charge in [0, 0.05) is 12.5 Å². The van der Waals surface area contributed by atoms with Crippen molar-refractivity contribution < 1.29 is 49.6 Å². The molecule has 0 saturated carbocycles. The molecule has 1 unspecified atom stereocenters. The minimum absolute atomic E-state index is 0.00656. The molecule has 1 aliphatic carbocycles. The first-order valence-electron chi connectivity index (χ1n) is 13.8. The Kier molecular flexibility index (Phi) is 12.7. The molecule has 0 radical (unpaired) electrons. The van der Waals surface area contributed by atoms with Crippen LogP contribution in [0.25, 0.3) is 0 Å². The molecule has 2 aromatic rings. The zero-order valence-electron chi connectivity index (χ0n) is 25.2. The number of aryl methyl sites for hydroxylation is 1. The van der Waals surface area contributed by atoms with Crippen molar-refractivity contribution in [3.05, 3.63) is 53.6 Å². The number of halogens is 3. The van der Waals surface area contributed by atoms with Crippen LogP contribution in [0.1, 0.15) is 65.0 Å². The number of fused-ring (bicyclic) bond motifs is 1. The van der Waals surface area contributed by atoms with E-state index in [4.69, 9.17) is 13.7 Å². The van der Waals surface area contributed by atoms with Gasteiger partial charge in [0.1, 0.15) is 28.9 Å². The Morgan fingerprint density at radius 1 is 1.00 bits per heavy atom. The Morgan fingerprint density at radius 3 is 2.26 bits per heavy atom. The molecule has 9 nitrogen and oxygen atoms in total. The normalized spacial score (nSPS) is 13.7. The molecule has 1 amide bonds. The first-order chi connectivity index (χ1) is 19.9. The zero-order valence-corrected chi connectivity index (χ0v) is 26.1. The quantitative estimate of drug-likeness (QED) is 0.227. The maximum absolute atomic E-state index is 12.2. The van der Waals surface area contributed by atoms with Gasteiger partial charge in [0.05, 0.1) is 12.9 Å². The average molecular weight is 632 g/mol. The minimum Gasteiger partial charge on any atom is -0.467 e. The highest BCUT2D eigenvalue weighted by atomic mass is 32.2. The van der Waals surface area contributed by atoms with Gasteiger partial charge in [-0.15, -0.1) is 0 Å². The van der Waals surface area contributed by atoms with Gasteiger partial charge in [0.25, 0.3) is 0 Å². The summed E-state index contributed by atoms with van der Waals surface area (Å²) in [5, 5.41) is 2.49. The van der Waals surface area contributed by atoms with Gasteiger partial charge in [0.15, 0.2) is 0 Å². The maximum atomic E-state index is 12.2. The largest absolute Gasteiger partial charge is 0.467 e. The fraction of sp³-hybridized carbons (Fsp3) is 0.533. The predicted molar refractivity (Wildman–Crippen MR) is 155 cm³/mol. The number of esters is 1. The van der Waals surface area contributed by atoms with E-state index >= 15 is 0 Å². The summed E-state index contributed by atoms with van der Waals surface area (Å²) in [5.41, 5.74) is 1.80. The van der Waals surface area contributed by atoms with Gasteiger partial charge >= 0.3 is 28.4 Å². The number of hydrogen-bond acceptors (Lipinski definition) is 8.